The van der Waals surface area contributed by atoms with E-state index in [2.05, 4.69) is 30.4 Å². The van der Waals surface area contributed by atoms with E-state index in [1.165, 1.54) is 16.3 Å². The molecule has 0 spiro atoms. The lowest BCUT2D eigenvalue weighted by atomic mass is 10.2. The second kappa shape index (κ2) is 8.29. The third-order valence-corrected chi connectivity index (χ3v) is 5.55. The van der Waals surface area contributed by atoms with Crippen molar-refractivity contribution in [3.8, 4) is 16.3 Å². The molecule has 0 unspecified atom stereocenters. The van der Waals surface area contributed by atoms with Crippen molar-refractivity contribution in [2.75, 3.05) is 12.4 Å². The van der Waals surface area contributed by atoms with Crippen LogP contribution in [0.25, 0.3) is 26.9 Å². The number of hydrogen-bond donors (Lipinski definition) is 1. The van der Waals surface area contributed by atoms with Gasteiger partial charge in [0.15, 0.2) is 0 Å². The van der Waals surface area contributed by atoms with Gasteiger partial charge in [0.2, 0.25) is 5.91 Å². The van der Waals surface area contributed by atoms with E-state index < -0.39 is 0 Å². The van der Waals surface area contributed by atoms with Gasteiger partial charge in [-0.05, 0) is 72.7 Å². The van der Waals surface area contributed by atoms with Crippen LogP contribution in [0.5, 0.6) is 5.75 Å². The Morgan fingerprint density at radius 1 is 1.03 bits per heavy atom. The molecular formula is C24H20N2O2S. The summed E-state index contributed by atoms with van der Waals surface area (Å²) in [6.45, 7) is 2.08. The van der Waals surface area contributed by atoms with Crippen molar-refractivity contribution in [3.05, 3.63) is 83.9 Å². The Labute approximate surface area is 173 Å². The molecule has 0 atom stereocenters. The number of aromatic nitrogens is 1. The topological polar surface area (TPSA) is 51.2 Å². The Morgan fingerprint density at radius 3 is 2.52 bits per heavy atom. The molecule has 5 heteroatoms. The summed E-state index contributed by atoms with van der Waals surface area (Å²) in [4.78, 5) is 16.9. The van der Waals surface area contributed by atoms with Crippen LogP contribution in [0.4, 0.5) is 5.69 Å². The number of anilines is 1. The summed E-state index contributed by atoms with van der Waals surface area (Å²) in [5, 5.41) is 3.85. The van der Waals surface area contributed by atoms with Gasteiger partial charge in [-0.15, -0.1) is 11.3 Å². The van der Waals surface area contributed by atoms with E-state index in [0.717, 1.165) is 33.1 Å². The predicted molar refractivity (Wildman–Crippen MR) is 120 cm³/mol. The summed E-state index contributed by atoms with van der Waals surface area (Å²) in [6, 6.07) is 21.5. The molecule has 0 aliphatic heterocycles. The van der Waals surface area contributed by atoms with Gasteiger partial charge in [-0.25, -0.2) is 4.98 Å². The predicted octanol–water partition coefficient (Wildman–Crippen LogP) is 5.93. The molecular weight excluding hydrogens is 380 g/mol. The molecule has 0 aliphatic rings. The molecule has 4 nitrogen and oxygen atoms in total. The van der Waals surface area contributed by atoms with Crippen molar-refractivity contribution in [1.82, 2.24) is 4.98 Å². The zero-order valence-corrected chi connectivity index (χ0v) is 17.0. The van der Waals surface area contributed by atoms with E-state index in [1.807, 2.05) is 48.5 Å². The SMILES string of the molecule is COc1ccc(C=CC(=O)Nc2ccc(-c3nc4ccc(C)cc4s3)cc2)cc1. The van der Waals surface area contributed by atoms with Gasteiger partial charge in [0.05, 0.1) is 17.3 Å². The third kappa shape index (κ3) is 4.52. The number of nitrogens with zero attached hydrogens (tertiary/aromatic N) is 1. The lowest BCUT2D eigenvalue weighted by Crippen LogP contribution is -2.07. The van der Waals surface area contributed by atoms with Crippen molar-refractivity contribution in [3.63, 3.8) is 0 Å². The number of methoxy groups -OCH3 is 1. The zero-order chi connectivity index (χ0) is 20.2. The molecule has 1 N–H and O–H groups in total. The minimum atomic E-state index is -0.177. The molecule has 4 aromatic rings. The highest BCUT2D eigenvalue weighted by atomic mass is 32.1. The second-order valence-electron chi connectivity index (χ2n) is 6.66. The molecule has 0 saturated carbocycles. The second-order valence-corrected chi connectivity index (χ2v) is 7.69. The molecule has 0 fully saturated rings. The maximum atomic E-state index is 12.2. The highest BCUT2D eigenvalue weighted by Crippen LogP contribution is 2.31. The van der Waals surface area contributed by atoms with Crippen LogP contribution in [-0.2, 0) is 4.79 Å². The fraction of sp³-hybridized carbons (Fsp3) is 0.0833. The monoisotopic (exact) mass is 400 g/mol. The van der Waals surface area contributed by atoms with Gasteiger partial charge in [-0.1, -0.05) is 18.2 Å². The molecule has 1 aromatic heterocycles. The number of rotatable bonds is 5. The van der Waals surface area contributed by atoms with E-state index in [0.29, 0.717) is 0 Å². The Morgan fingerprint density at radius 2 is 1.79 bits per heavy atom. The molecule has 144 valence electrons. The van der Waals surface area contributed by atoms with Crippen molar-refractivity contribution in [2.45, 2.75) is 6.92 Å². The van der Waals surface area contributed by atoms with E-state index >= 15 is 0 Å². The Kier molecular flexibility index (Phi) is 5.40. The van der Waals surface area contributed by atoms with Crippen LogP contribution in [0.15, 0.2) is 72.8 Å². The summed E-state index contributed by atoms with van der Waals surface area (Å²) in [7, 11) is 1.63. The zero-order valence-electron chi connectivity index (χ0n) is 16.2. The van der Waals surface area contributed by atoms with Crippen molar-refractivity contribution >= 4 is 39.2 Å². The van der Waals surface area contributed by atoms with Crippen molar-refractivity contribution in [1.29, 1.82) is 0 Å². The molecule has 29 heavy (non-hydrogen) atoms. The summed E-state index contributed by atoms with van der Waals surface area (Å²) in [5.74, 6) is 0.610. The maximum Gasteiger partial charge on any atom is 0.248 e. The highest BCUT2D eigenvalue weighted by molar-refractivity contribution is 7.21. The average molecular weight is 401 g/mol. The van der Waals surface area contributed by atoms with Gasteiger partial charge >= 0.3 is 0 Å². The first-order chi connectivity index (χ1) is 14.1. The molecule has 0 aliphatic carbocycles. The van der Waals surface area contributed by atoms with Crippen LogP contribution in [0.2, 0.25) is 0 Å². The number of nitrogens with one attached hydrogen (secondary N) is 1. The summed E-state index contributed by atoms with van der Waals surface area (Å²) >= 11 is 1.67. The first-order valence-electron chi connectivity index (χ1n) is 9.21. The quantitative estimate of drug-likeness (QED) is 0.422. The molecule has 4 rings (SSSR count). The number of thiazole rings is 1. The van der Waals surface area contributed by atoms with E-state index in [4.69, 9.17) is 9.72 Å². The minimum Gasteiger partial charge on any atom is -0.497 e. The van der Waals surface area contributed by atoms with Crippen LogP contribution in [0, 0.1) is 6.92 Å². The number of carbonyl (C=O) groups excluding carboxylic acids is 1. The molecule has 1 heterocycles. The van der Waals surface area contributed by atoms with Gasteiger partial charge in [0.25, 0.3) is 0 Å². The standard InChI is InChI=1S/C24H20N2O2S/c1-16-3-13-21-22(15-16)29-24(26-21)18-7-9-19(10-8-18)25-23(27)14-6-17-4-11-20(28-2)12-5-17/h3-15H,1-2H3,(H,25,27). The normalized spacial score (nSPS) is 11.1. The summed E-state index contributed by atoms with van der Waals surface area (Å²) < 4.78 is 6.31. The van der Waals surface area contributed by atoms with Gasteiger partial charge in [-0.3, -0.25) is 4.79 Å². The Balaban J connectivity index is 1.42. The lowest BCUT2D eigenvalue weighted by Gasteiger charge is -2.03. The van der Waals surface area contributed by atoms with E-state index in [9.17, 15) is 4.79 Å². The molecule has 0 saturated heterocycles. The minimum absolute atomic E-state index is 0.177. The average Bonchev–Trinajstić information content (AvgIpc) is 3.16. The fourth-order valence-electron chi connectivity index (χ4n) is 2.92. The van der Waals surface area contributed by atoms with Crippen LogP contribution in [0.3, 0.4) is 0 Å². The largest absolute Gasteiger partial charge is 0.497 e. The number of carbonyl (C=O) groups is 1. The maximum absolute atomic E-state index is 12.2. The smallest absolute Gasteiger partial charge is 0.248 e. The van der Waals surface area contributed by atoms with Gasteiger partial charge in [0.1, 0.15) is 10.8 Å². The molecule has 3 aromatic carbocycles. The first kappa shape index (κ1) is 18.9. The van der Waals surface area contributed by atoms with Gasteiger partial charge < -0.3 is 10.1 Å². The van der Waals surface area contributed by atoms with E-state index in [1.54, 1.807) is 24.5 Å². The van der Waals surface area contributed by atoms with Gasteiger partial charge in [0, 0.05) is 17.3 Å². The summed E-state index contributed by atoms with van der Waals surface area (Å²) in [5.41, 5.74) is 4.96. The number of hydrogen-bond acceptors (Lipinski definition) is 4. The summed E-state index contributed by atoms with van der Waals surface area (Å²) in [6.07, 6.45) is 3.29. The van der Waals surface area contributed by atoms with Crippen LogP contribution < -0.4 is 10.1 Å². The van der Waals surface area contributed by atoms with E-state index in [-0.39, 0.29) is 5.91 Å². The number of ether oxygens (including phenoxy) is 1. The van der Waals surface area contributed by atoms with Crippen LogP contribution in [-0.4, -0.2) is 18.0 Å². The third-order valence-electron chi connectivity index (χ3n) is 4.49. The Bertz CT molecular complexity index is 1180. The lowest BCUT2D eigenvalue weighted by molar-refractivity contribution is -0.111. The number of amides is 1. The first-order valence-corrected chi connectivity index (χ1v) is 10.0. The molecule has 0 bridgehead atoms. The fourth-order valence-corrected chi connectivity index (χ4v) is 3.99. The van der Waals surface area contributed by atoms with Crippen LogP contribution in [0.1, 0.15) is 11.1 Å². The number of aryl methyl sites for hydroxylation is 1. The van der Waals surface area contributed by atoms with Crippen molar-refractivity contribution in [2.24, 2.45) is 0 Å². The Hall–Kier alpha value is -3.44. The molecule has 1 amide bonds. The van der Waals surface area contributed by atoms with Crippen molar-refractivity contribution < 1.29 is 9.53 Å². The van der Waals surface area contributed by atoms with Gasteiger partial charge in [-0.2, -0.15) is 0 Å². The number of benzene rings is 3. The van der Waals surface area contributed by atoms with Crippen LogP contribution >= 0.6 is 11.3 Å². The number of fused-ring (bicyclic) bond motifs is 1. The highest BCUT2D eigenvalue weighted by Gasteiger charge is 2.07. The molecule has 0 radical (unpaired) electrons.